The number of nitrogens with one attached hydrogen (secondary N) is 1. The highest BCUT2D eigenvalue weighted by molar-refractivity contribution is 6.05. The molecule has 2 aliphatic heterocycles. The number of aromatic amines is 1. The van der Waals surface area contributed by atoms with Gasteiger partial charge < -0.3 is 24.6 Å². The maximum atomic E-state index is 13.6. The molecule has 0 aliphatic carbocycles. The van der Waals surface area contributed by atoms with E-state index in [4.69, 9.17) is 4.74 Å². The molecule has 0 bridgehead atoms. The molecule has 3 aromatic rings. The molecule has 3 amide bonds. The normalized spacial score (nSPS) is 19.8. The number of aromatic hydroxyl groups is 1. The smallest absolute Gasteiger partial charge is 0.328 e. The molecular formula is C26H30N4O4. The number of aromatic nitrogens is 1. The largest absolute Gasteiger partial charge is 0.508 e. The van der Waals surface area contributed by atoms with E-state index >= 15 is 0 Å². The van der Waals surface area contributed by atoms with Crippen LogP contribution in [0.25, 0.3) is 10.9 Å². The Morgan fingerprint density at radius 2 is 2.03 bits per heavy atom. The molecular weight excluding hydrogens is 432 g/mol. The average Bonchev–Trinajstić information content (AvgIpc) is 3.32. The number of carbonyl (C=O) groups is 2. The number of phenols is 1. The summed E-state index contributed by atoms with van der Waals surface area (Å²) in [4.78, 5) is 35.8. The summed E-state index contributed by atoms with van der Waals surface area (Å²) in [7, 11) is 3.62. The van der Waals surface area contributed by atoms with Gasteiger partial charge in [0.05, 0.1) is 13.2 Å². The number of carbonyl (C=O) groups excluding carboxylic acids is 2. The Hall–Kier alpha value is -3.52. The number of urea groups is 1. The van der Waals surface area contributed by atoms with Gasteiger partial charge in [-0.25, -0.2) is 4.79 Å². The quantitative estimate of drug-likeness (QED) is 0.526. The van der Waals surface area contributed by atoms with Crippen molar-refractivity contribution in [1.82, 2.24) is 19.7 Å². The van der Waals surface area contributed by atoms with Crippen LogP contribution in [-0.4, -0.2) is 76.6 Å². The minimum atomic E-state index is -0.542. The van der Waals surface area contributed by atoms with Crippen molar-refractivity contribution in [2.75, 3.05) is 33.8 Å². The maximum Gasteiger partial charge on any atom is 0.328 e. The molecule has 178 valence electrons. The monoisotopic (exact) mass is 462 g/mol. The number of likely N-dealkylation sites (N-methyl/N-ethyl adjacent to an activating group) is 1. The van der Waals surface area contributed by atoms with Crippen LogP contribution >= 0.6 is 0 Å². The Bertz CT molecular complexity index is 1250. The summed E-state index contributed by atoms with van der Waals surface area (Å²) in [5, 5.41) is 11.0. The third-order valence-electron chi connectivity index (χ3n) is 7.14. The molecule has 2 aromatic carbocycles. The zero-order valence-corrected chi connectivity index (χ0v) is 19.7. The second-order valence-corrected chi connectivity index (χ2v) is 9.11. The number of methoxy groups -OCH3 is 1. The SMILES string of the molecule is CCN(C)CCN1C(=O)[C@@H]2Cc3c([nH]c4ccc(OC)cc34)C(Cc3cccc(O)c3)N2C1=O. The number of benzene rings is 2. The van der Waals surface area contributed by atoms with E-state index in [1.807, 2.05) is 38.2 Å². The van der Waals surface area contributed by atoms with Gasteiger partial charge in [0.15, 0.2) is 0 Å². The summed E-state index contributed by atoms with van der Waals surface area (Å²) < 4.78 is 5.44. The van der Waals surface area contributed by atoms with Crippen molar-refractivity contribution < 1.29 is 19.4 Å². The fraction of sp³-hybridized carbons (Fsp3) is 0.385. The van der Waals surface area contributed by atoms with Crippen molar-refractivity contribution in [3.8, 4) is 11.5 Å². The number of ether oxygens (including phenoxy) is 1. The van der Waals surface area contributed by atoms with Crippen molar-refractivity contribution in [3.05, 3.63) is 59.3 Å². The fourth-order valence-electron chi connectivity index (χ4n) is 5.16. The van der Waals surface area contributed by atoms with Crippen LogP contribution in [0.2, 0.25) is 0 Å². The van der Waals surface area contributed by atoms with Crippen LogP contribution in [0, 0.1) is 0 Å². The van der Waals surface area contributed by atoms with Crippen LogP contribution in [0.1, 0.15) is 29.8 Å². The van der Waals surface area contributed by atoms with Crippen LogP contribution in [0.15, 0.2) is 42.5 Å². The summed E-state index contributed by atoms with van der Waals surface area (Å²) in [5.41, 5.74) is 3.84. The fourth-order valence-corrected chi connectivity index (χ4v) is 5.16. The lowest BCUT2D eigenvalue weighted by Crippen LogP contribution is -2.44. The van der Waals surface area contributed by atoms with Crippen LogP contribution in [0.5, 0.6) is 11.5 Å². The number of phenolic OH excluding ortho intramolecular Hbond substituents is 1. The van der Waals surface area contributed by atoms with Crippen LogP contribution in [-0.2, 0) is 17.6 Å². The number of imide groups is 1. The molecule has 0 spiro atoms. The number of hydrogen-bond acceptors (Lipinski definition) is 5. The molecule has 1 fully saturated rings. The van der Waals surface area contributed by atoms with Gasteiger partial charge in [-0.05, 0) is 61.5 Å². The summed E-state index contributed by atoms with van der Waals surface area (Å²) in [6.07, 6.45) is 0.952. The van der Waals surface area contributed by atoms with Gasteiger partial charge in [-0.15, -0.1) is 0 Å². The minimum absolute atomic E-state index is 0.140. The van der Waals surface area contributed by atoms with Crippen molar-refractivity contribution in [2.45, 2.75) is 31.8 Å². The van der Waals surface area contributed by atoms with Crippen molar-refractivity contribution in [1.29, 1.82) is 0 Å². The molecule has 3 heterocycles. The molecule has 0 saturated carbocycles. The molecule has 0 radical (unpaired) electrons. The Balaban J connectivity index is 1.58. The molecule has 1 saturated heterocycles. The lowest BCUT2D eigenvalue weighted by atomic mass is 9.89. The second-order valence-electron chi connectivity index (χ2n) is 9.11. The van der Waals surface area contributed by atoms with E-state index in [0.717, 1.165) is 40.0 Å². The van der Waals surface area contributed by atoms with E-state index in [-0.39, 0.29) is 23.7 Å². The molecule has 8 heteroatoms. The van der Waals surface area contributed by atoms with Crippen LogP contribution < -0.4 is 4.74 Å². The van der Waals surface area contributed by atoms with Gasteiger partial charge >= 0.3 is 6.03 Å². The molecule has 8 nitrogen and oxygen atoms in total. The Labute approximate surface area is 198 Å². The van der Waals surface area contributed by atoms with Crippen molar-refractivity contribution in [2.24, 2.45) is 0 Å². The topological polar surface area (TPSA) is 89.1 Å². The van der Waals surface area contributed by atoms with E-state index in [1.54, 1.807) is 30.2 Å². The predicted molar refractivity (Wildman–Crippen MR) is 129 cm³/mol. The van der Waals surface area contributed by atoms with E-state index in [2.05, 4.69) is 9.88 Å². The third kappa shape index (κ3) is 3.68. The van der Waals surface area contributed by atoms with Crippen LogP contribution in [0.4, 0.5) is 4.79 Å². The Kier molecular flexibility index (Phi) is 5.69. The molecule has 2 atom stereocenters. The molecule has 1 aromatic heterocycles. The first-order valence-corrected chi connectivity index (χ1v) is 11.7. The Morgan fingerprint density at radius 3 is 2.76 bits per heavy atom. The van der Waals surface area contributed by atoms with E-state index in [0.29, 0.717) is 25.9 Å². The van der Waals surface area contributed by atoms with Gasteiger partial charge in [0.1, 0.15) is 17.5 Å². The van der Waals surface area contributed by atoms with Gasteiger partial charge in [-0.3, -0.25) is 9.69 Å². The number of hydrogen-bond donors (Lipinski definition) is 2. The number of H-pyrrole nitrogens is 1. The van der Waals surface area contributed by atoms with Gasteiger partial charge in [0.25, 0.3) is 5.91 Å². The van der Waals surface area contributed by atoms with Gasteiger partial charge in [-0.2, -0.15) is 0 Å². The lowest BCUT2D eigenvalue weighted by Gasteiger charge is -2.36. The molecule has 1 unspecified atom stereocenters. The molecule has 2 aliphatic rings. The average molecular weight is 463 g/mol. The van der Waals surface area contributed by atoms with Crippen LogP contribution in [0.3, 0.4) is 0 Å². The minimum Gasteiger partial charge on any atom is -0.508 e. The molecule has 5 rings (SSSR count). The molecule has 2 N–H and O–H groups in total. The van der Waals surface area contributed by atoms with Crippen molar-refractivity contribution in [3.63, 3.8) is 0 Å². The summed E-state index contributed by atoms with van der Waals surface area (Å²) in [5.74, 6) is 0.789. The summed E-state index contributed by atoms with van der Waals surface area (Å²) >= 11 is 0. The summed E-state index contributed by atoms with van der Waals surface area (Å²) in [6, 6.07) is 11.8. The zero-order valence-electron chi connectivity index (χ0n) is 19.7. The van der Waals surface area contributed by atoms with Gasteiger partial charge in [0.2, 0.25) is 0 Å². The number of fused-ring (bicyclic) bond motifs is 4. The molecule has 34 heavy (non-hydrogen) atoms. The summed E-state index contributed by atoms with van der Waals surface area (Å²) in [6.45, 7) is 3.91. The van der Waals surface area contributed by atoms with Crippen molar-refractivity contribution >= 4 is 22.8 Å². The lowest BCUT2D eigenvalue weighted by molar-refractivity contribution is -0.128. The first-order valence-electron chi connectivity index (χ1n) is 11.7. The highest BCUT2D eigenvalue weighted by Gasteiger charge is 2.51. The Morgan fingerprint density at radius 1 is 1.21 bits per heavy atom. The standard InChI is InChI=1S/C26H30N4O4/c1-4-28(2)10-11-29-25(32)23-15-20-19-14-18(34-3)8-9-21(19)27-24(20)22(30(23)26(29)33)13-16-6-5-7-17(31)12-16/h5-9,12,14,22-23,27,31H,4,10-11,13,15H2,1-3H3/t22?,23-/m0/s1. The van der Waals surface area contributed by atoms with E-state index in [9.17, 15) is 14.7 Å². The maximum absolute atomic E-state index is 13.6. The number of rotatable bonds is 7. The first-order chi connectivity index (χ1) is 16.4. The predicted octanol–water partition coefficient (Wildman–Crippen LogP) is 3.31. The van der Waals surface area contributed by atoms with E-state index in [1.165, 1.54) is 4.90 Å². The third-order valence-corrected chi connectivity index (χ3v) is 7.14. The zero-order chi connectivity index (χ0) is 24.0. The number of nitrogens with zero attached hydrogens (tertiary/aromatic N) is 3. The highest BCUT2D eigenvalue weighted by Crippen LogP contribution is 2.43. The van der Waals surface area contributed by atoms with E-state index < -0.39 is 6.04 Å². The van der Waals surface area contributed by atoms with Gasteiger partial charge in [-0.1, -0.05) is 19.1 Å². The second kappa shape index (κ2) is 8.68. The number of amides is 3. The first kappa shape index (κ1) is 22.3. The highest BCUT2D eigenvalue weighted by atomic mass is 16.5. The van der Waals surface area contributed by atoms with Gasteiger partial charge in [0, 0.05) is 36.1 Å².